The number of hydrogen-bond donors (Lipinski definition) is 0. The highest BCUT2D eigenvalue weighted by atomic mass is 32.1. The quantitative estimate of drug-likeness (QED) is 0.763. The molecule has 0 unspecified atom stereocenters. The summed E-state index contributed by atoms with van der Waals surface area (Å²) in [6.45, 7) is 5.28. The molecule has 0 aliphatic rings. The van der Waals surface area contributed by atoms with Crippen LogP contribution in [0.1, 0.15) is 38.8 Å². The Morgan fingerprint density at radius 2 is 2.24 bits per heavy atom. The van der Waals surface area contributed by atoms with Crippen molar-refractivity contribution in [2.24, 2.45) is 0 Å². The van der Waals surface area contributed by atoms with Gasteiger partial charge in [0.25, 0.3) is 0 Å². The molecule has 0 fully saturated rings. The molecule has 2 rings (SSSR count). The Balaban J connectivity index is 2.00. The van der Waals surface area contributed by atoms with Gasteiger partial charge in [-0.2, -0.15) is 4.98 Å². The van der Waals surface area contributed by atoms with Gasteiger partial charge in [0.05, 0.1) is 13.7 Å². The number of rotatable bonds is 6. The molecule has 2 aromatic rings. The van der Waals surface area contributed by atoms with Crippen LogP contribution in [0.3, 0.4) is 0 Å². The van der Waals surface area contributed by atoms with Crippen LogP contribution in [-0.4, -0.2) is 35.2 Å². The fourth-order valence-electron chi connectivity index (χ4n) is 1.95. The molecule has 0 aliphatic carbocycles. The maximum atomic E-state index is 11.5. The molecular formula is C14H19N3O3S. The molecule has 0 N–H and O–H groups in total. The number of aromatic nitrogens is 2. The van der Waals surface area contributed by atoms with E-state index in [9.17, 15) is 4.79 Å². The van der Waals surface area contributed by atoms with Gasteiger partial charge in [-0.05, 0) is 25.6 Å². The Morgan fingerprint density at radius 3 is 2.86 bits per heavy atom. The zero-order valence-electron chi connectivity index (χ0n) is 12.7. The van der Waals surface area contributed by atoms with Crippen molar-refractivity contribution in [3.8, 4) is 0 Å². The lowest BCUT2D eigenvalue weighted by molar-refractivity contribution is 0.0606. The number of ether oxygens (including phenoxy) is 1. The molecule has 0 aliphatic heterocycles. The van der Waals surface area contributed by atoms with Crippen LogP contribution in [0.4, 0.5) is 0 Å². The lowest BCUT2D eigenvalue weighted by Crippen LogP contribution is -2.17. The van der Waals surface area contributed by atoms with E-state index in [0.29, 0.717) is 23.9 Å². The molecule has 2 aromatic heterocycles. The van der Waals surface area contributed by atoms with Crippen molar-refractivity contribution < 1.29 is 14.1 Å². The first-order chi connectivity index (χ1) is 10.0. The van der Waals surface area contributed by atoms with Crippen LogP contribution >= 0.6 is 11.3 Å². The predicted octanol–water partition coefficient (Wildman–Crippen LogP) is 2.42. The van der Waals surface area contributed by atoms with Gasteiger partial charge >= 0.3 is 5.97 Å². The fraction of sp³-hybridized carbons (Fsp3) is 0.500. The number of thiophene rings is 1. The van der Waals surface area contributed by atoms with Gasteiger partial charge in [0.1, 0.15) is 4.88 Å². The standard InChI is InChI=1S/C14H19N3O3S/c1-5-12-15-13(20-16-12)8-17(3)7-10-6-11(14(18)19-4)21-9(10)2/h6H,5,7-8H2,1-4H3. The summed E-state index contributed by atoms with van der Waals surface area (Å²) in [7, 11) is 3.37. The van der Waals surface area contributed by atoms with Crippen LogP contribution in [0, 0.1) is 6.92 Å². The molecule has 0 saturated heterocycles. The third-order valence-electron chi connectivity index (χ3n) is 3.08. The number of esters is 1. The first-order valence-electron chi connectivity index (χ1n) is 6.71. The predicted molar refractivity (Wildman–Crippen MR) is 79.2 cm³/mol. The summed E-state index contributed by atoms with van der Waals surface area (Å²) in [4.78, 5) is 19.6. The lowest BCUT2D eigenvalue weighted by Gasteiger charge is -2.13. The summed E-state index contributed by atoms with van der Waals surface area (Å²) in [5.41, 5.74) is 1.11. The number of aryl methyl sites for hydroxylation is 2. The second-order valence-electron chi connectivity index (χ2n) is 4.81. The molecule has 7 heteroatoms. The number of hydrogen-bond acceptors (Lipinski definition) is 7. The first kappa shape index (κ1) is 15.7. The number of methoxy groups -OCH3 is 1. The summed E-state index contributed by atoms with van der Waals surface area (Å²) < 4.78 is 9.93. The largest absolute Gasteiger partial charge is 0.465 e. The third kappa shape index (κ3) is 3.89. The Labute approximate surface area is 127 Å². The van der Waals surface area contributed by atoms with E-state index in [4.69, 9.17) is 9.26 Å². The highest BCUT2D eigenvalue weighted by molar-refractivity contribution is 7.14. The summed E-state index contributed by atoms with van der Waals surface area (Å²) in [6, 6.07) is 1.88. The minimum absolute atomic E-state index is 0.290. The Morgan fingerprint density at radius 1 is 1.48 bits per heavy atom. The second-order valence-corrected chi connectivity index (χ2v) is 6.07. The minimum Gasteiger partial charge on any atom is -0.465 e. The smallest absolute Gasteiger partial charge is 0.348 e. The topological polar surface area (TPSA) is 68.5 Å². The molecule has 0 aromatic carbocycles. The van der Waals surface area contributed by atoms with E-state index in [1.54, 1.807) is 0 Å². The number of carbonyl (C=O) groups excluding carboxylic acids is 1. The third-order valence-corrected chi connectivity index (χ3v) is 4.15. The van der Waals surface area contributed by atoms with Crippen molar-refractivity contribution in [1.29, 1.82) is 0 Å². The van der Waals surface area contributed by atoms with E-state index < -0.39 is 0 Å². The van der Waals surface area contributed by atoms with E-state index in [0.717, 1.165) is 22.7 Å². The maximum absolute atomic E-state index is 11.5. The molecule has 2 heterocycles. The summed E-state index contributed by atoms with van der Waals surface area (Å²) in [6.07, 6.45) is 0.763. The summed E-state index contributed by atoms with van der Waals surface area (Å²) >= 11 is 1.45. The van der Waals surface area contributed by atoms with Crippen LogP contribution in [0.2, 0.25) is 0 Å². The van der Waals surface area contributed by atoms with Gasteiger partial charge in [0.2, 0.25) is 5.89 Å². The lowest BCUT2D eigenvalue weighted by atomic mass is 10.2. The SMILES string of the molecule is CCc1noc(CN(C)Cc2cc(C(=O)OC)sc2C)n1. The maximum Gasteiger partial charge on any atom is 0.348 e. The molecule has 21 heavy (non-hydrogen) atoms. The van der Waals surface area contributed by atoms with Gasteiger partial charge in [0, 0.05) is 17.8 Å². The summed E-state index contributed by atoms with van der Waals surface area (Å²) in [5, 5.41) is 3.88. The van der Waals surface area contributed by atoms with Gasteiger partial charge in [-0.15, -0.1) is 11.3 Å². The molecule has 0 saturated carbocycles. The van der Waals surface area contributed by atoms with Crippen molar-refractivity contribution in [2.45, 2.75) is 33.4 Å². The highest BCUT2D eigenvalue weighted by Crippen LogP contribution is 2.23. The van der Waals surface area contributed by atoms with Gasteiger partial charge in [0.15, 0.2) is 5.82 Å². The van der Waals surface area contributed by atoms with Crippen LogP contribution in [0.15, 0.2) is 10.6 Å². The Hall–Kier alpha value is -1.73. The van der Waals surface area contributed by atoms with Crippen LogP contribution in [0.5, 0.6) is 0 Å². The molecule has 114 valence electrons. The van der Waals surface area contributed by atoms with Gasteiger partial charge in [-0.3, -0.25) is 4.90 Å². The summed E-state index contributed by atoms with van der Waals surface area (Å²) in [5.74, 6) is 1.04. The van der Waals surface area contributed by atoms with E-state index >= 15 is 0 Å². The van der Waals surface area contributed by atoms with Crippen LogP contribution in [-0.2, 0) is 24.2 Å². The van der Waals surface area contributed by atoms with Crippen molar-refractivity contribution >= 4 is 17.3 Å². The monoisotopic (exact) mass is 309 g/mol. The second kappa shape index (κ2) is 6.82. The van der Waals surface area contributed by atoms with E-state index in [-0.39, 0.29) is 5.97 Å². The van der Waals surface area contributed by atoms with Crippen molar-refractivity contribution in [3.63, 3.8) is 0 Å². The number of nitrogens with zero attached hydrogens (tertiary/aromatic N) is 3. The van der Waals surface area contributed by atoms with E-state index in [1.165, 1.54) is 18.4 Å². The van der Waals surface area contributed by atoms with Crippen molar-refractivity contribution in [1.82, 2.24) is 15.0 Å². The molecule has 6 nitrogen and oxygen atoms in total. The van der Waals surface area contributed by atoms with Crippen molar-refractivity contribution in [3.05, 3.63) is 33.1 Å². The Bertz CT molecular complexity index is 621. The van der Waals surface area contributed by atoms with Gasteiger partial charge in [-0.1, -0.05) is 12.1 Å². The Kier molecular flexibility index (Phi) is 5.08. The van der Waals surface area contributed by atoms with Gasteiger partial charge in [-0.25, -0.2) is 4.79 Å². The fourth-order valence-corrected chi connectivity index (χ4v) is 2.91. The van der Waals surface area contributed by atoms with Crippen LogP contribution in [0.25, 0.3) is 0 Å². The molecular weight excluding hydrogens is 290 g/mol. The molecule has 0 amide bonds. The molecule has 0 atom stereocenters. The average molecular weight is 309 g/mol. The zero-order chi connectivity index (χ0) is 15.4. The normalized spacial score (nSPS) is 11.1. The molecule has 0 bridgehead atoms. The van der Waals surface area contributed by atoms with E-state index in [1.807, 2.05) is 27.0 Å². The molecule has 0 radical (unpaired) electrons. The molecule has 0 spiro atoms. The highest BCUT2D eigenvalue weighted by Gasteiger charge is 2.15. The first-order valence-corrected chi connectivity index (χ1v) is 7.52. The number of carbonyl (C=O) groups is 1. The average Bonchev–Trinajstić information content (AvgIpc) is 3.05. The van der Waals surface area contributed by atoms with Crippen molar-refractivity contribution in [2.75, 3.05) is 14.2 Å². The minimum atomic E-state index is -0.290. The van der Waals surface area contributed by atoms with Gasteiger partial charge < -0.3 is 9.26 Å². The van der Waals surface area contributed by atoms with E-state index in [2.05, 4.69) is 15.0 Å². The van der Waals surface area contributed by atoms with Crippen LogP contribution < -0.4 is 0 Å². The zero-order valence-corrected chi connectivity index (χ0v) is 13.5.